The number of benzene rings is 1. The fraction of sp³-hybridized carbons (Fsp3) is 0.333. The minimum atomic E-state index is -0.247. The fourth-order valence-electron chi connectivity index (χ4n) is 2.50. The van der Waals surface area contributed by atoms with Crippen molar-refractivity contribution in [3.63, 3.8) is 0 Å². The first-order valence-electron chi connectivity index (χ1n) is 8.20. The van der Waals surface area contributed by atoms with E-state index in [1.807, 2.05) is 20.8 Å². The maximum Gasteiger partial charge on any atom is 0.253 e. The molecule has 0 aliphatic heterocycles. The van der Waals surface area contributed by atoms with Gasteiger partial charge in [0.15, 0.2) is 0 Å². The lowest BCUT2D eigenvalue weighted by molar-refractivity contribution is -0.118. The first-order chi connectivity index (χ1) is 12.3. The van der Waals surface area contributed by atoms with E-state index in [1.54, 1.807) is 23.6 Å². The van der Waals surface area contributed by atoms with Gasteiger partial charge in [0.1, 0.15) is 5.82 Å². The zero-order chi connectivity index (χ0) is 18.8. The van der Waals surface area contributed by atoms with Gasteiger partial charge in [0.2, 0.25) is 11.1 Å². The Bertz CT molecular complexity index is 985. The topological polar surface area (TPSA) is 72.2 Å². The Balaban J connectivity index is 1.60. The Kier molecular flexibility index (Phi) is 5.22. The second-order valence-electron chi connectivity index (χ2n) is 6.16. The third kappa shape index (κ3) is 3.85. The van der Waals surface area contributed by atoms with Crippen molar-refractivity contribution in [2.24, 2.45) is 0 Å². The van der Waals surface area contributed by atoms with Crippen molar-refractivity contribution >= 4 is 23.4 Å². The van der Waals surface area contributed by atoms with Gasteiger partial charge in [0.25, 0.3) is 5.78 Å². The molecule has 0 radical (unpaired) electrons. The highest BCUT2D eigenvalue weighted by Gasteiger charge is 2.12. The fourth-order valence-corrected chi connectivity index (χ4v) is 3.14. The standard InChI is InChI=1S/C18H20FN5OS/c1-10-7-14(5-6-15(10)19)8-20-16(25)9-26-18-22-17-21-12(3)11(2)13(4)24(17)23-18/h5-7H,8-9H2,1-4H3,(H,20,25). The highest BCUT2D eigenvalue weighted by molar-refractivity contribution is 7.99. The van der Waals surface area contributed by atoms with E-state index in [4.69, 9.17) is 0 Å². The van der Waals surface area contributed by atoms with Crippen LogP contribution in [0.2, 0.25) is 0 Å². The molecular formula is C18H20FN5OS. The number of hydrogen-bond acceptors (Lipinski definition) is 5. The Hall–Kier alpha value is -2.48. The summed E-state index contributed by atoms with van der Waals surface area (Å²) in [6.07, 6.45) is 0. The van der Waals surface area contributed by atoms with Crippen molar-refractivity contribution in [1.29, 1.82) is 0 Å². The number of thioether (sulfide) groups is 1. The number of halogens is 1. The van der Waals surface area contributed by atoms with Gasteiger partial charge in [-0.1, -0.05) is 23.9 Å². The van der Waals surface area contributed by atoms with E-state index in [-0.39, 0.29) is 17.5 Å². The molecule has 3 rings (SSSR count). The van der Waals surface area contributed by atoms with Crippen LogP contribution in [0.5, 0.6) is 0 Å². The summed E-state index contributed by atoms with van der Waals surface area (Å²) in [5, 5.41) is 7.74. The van der Waals surface area contributed by atoms with Crippen LogP contribution in [0.4, 0.5) is 4.39 Å². The molecule has 26 heavy (non-hydrogen) atoms. The first-order valence-corrected chi connectivity index (χ1v) is 9.19. The molecule has 0 aliphatic rings. The first kappa shape index (κ1) is 18.3. The van der Waals surface area contributed by atoms with E-state index in [2.05, 4.69) is 20.4 Å². The van der Waals surface area contributed by atoms with Crippen molar-refractivity contribution in [2.45, 2.75) is 39.4 Å². The molecule has 8 heteroatoms. The van der Waals surface area contributed by atoms with Gasteiger partial charge >= 0.3 is 0 Å². The molecule has 0 saturated carbocycles. The van der Waals surface area contributed by atoms with Crippen LogP contribution in [0.3, 0.4) is 0 Å². The lowest BCUT2D eigenvalue weighted by atomic mass is 10.1. The van der Waals surface area contributed by atoms with Gasteiger partial charge < -0.3 is 5.32 Å². The maximum absolute atomic E-state index is 13.3. The number of carbonyl (C=O) groups is 1. The smallest absolute Gasteiger partial charge is 0.253 e. The van der Waals surface area contributed by atoms with Gasteiger partial charge in [-0.2, -0.15) is 4.98 Å². The van der Waals surface area contributed by atoms with Crippen LogP contribution in [0.1, 0.15) is 28.1 Å². The normalized spacial score (nSPS) is 11.1. The molecule has 1 amide bonds. The van der Waals surface area contributed by atoms with E-state index in [1.165, 1.54) is 17.8 Å². The van der Waals surface area contributed by atoms with Gasteiger partial charge in [-0.15, -0.1) is 5.10 Å². The van der Waals surface area contributed by atoms with Crippen molar-refractivity contribution in [3.05, 3.63) is 52.1 Å². The molecule has 1 N–H and O–H groups in total. The average Bonchev–Trinajstić information content (AvgIpc) is 3.02. The summed E-state index contributed by atoms with van der Waals surface area (Å²) >= 11 is 1.26. The average molecular weight is 373 g/mol. The van der Waals surface area contributed by atoms with Crippen LogP contribution in [0.25, 0.3) is 5.78 Å². The van der Waals surface area contributed by atoms with Gasteiger partial charge in [0.05, 0.1) is 5.75 Å². The number of hydrogen-bond donors (Lipinski definition) is 1. The molecule has 0 atom stereocenters. The van der Waals surface area contributed by atoms with E-state index in [0.717, 1.165) is 22.5 Å². The maximum atomic E-state index is 13.3. The number of rotatable bonds is 5. The van der Waals surface area contributed by atoms with Gasteiger partial charge in [-0.05, 0) is 50.5 Å². The van der Waals surface area contributed by atoms with Crippen LogP contribution >= 0.6 is 11.8 Å². The summed E-state index contributed by atoms with van der Waals surface area (Å²) in [5.74, 6) is 0.361. The van der Waals surface area contributed by atoms with Crippen molar-refractivity contribution < 1.29 is 9.18 Å². The summed E-state index contributed by atoms with van der Waals surface area (Å²) in [6.45, 7) is 7.96. The number of fused-ring (bicyclic) bond motifs is 1. The van der Waals surface area contributed by atoms with Crippen LogP contribution in [0.15, 0.2) is 23.4 Å². The highest BCUT2D eigenvalue weighted by Crippen LogP contribution is 2.17. The van der Waals surface area contributed by atoms with E-state index >= 15 is 0 Å². The lowest BCUT2D eigenvalue weighted by Crippen LogP contribution is -2.24. The highest BCUT2D eigenvalue weighted by atomic mass is 32.2. The Labute approximate surface area is 155 Å². The number of aromatic nitrogens is 4. The minimum Gasteiger partial charge on any atom is -0.351 e. The van der Waals surface area contributed by atoms with E-state index in [9.17, 15) is 9.18 Å². The Morgan fingerprint density at radius 2 is 2.00 bits per heavy atom. The predicted octanol–water partition coefficient (Wildman–Crippen LogP) is 2.91. The Morgan fingerprint density at radius 1 is 1.23 bits per heavy atom. The van der Waals surface area contributed by atoms with E-state index < -0.39 is 0 Å². The second kappa shape index (κ2) is 7.41. The molecule has 2 aromatic heterocycles. The summed E-state index contributed by atoms with van der Waals surface area (Å²) < 4.78 is 15.0. The predicted molar refractivity (Wildman–Crippen MR) is 98.7 cm³/mol. The summed E-state index contributed by atoms with van der Waals surface area (Å²) in [7, 11) is 0. The number of carbonyl (C=O) groups excluding carboxylic acids is 1. The van der Waals surface area contributed by atoms with Crippen LogP contribution in [-0.4, -0.2) is 31.2 Å². The van der Waals surface area contributed by atoms with Crippen LogP contribution in [-0.2, 0) is 11.3 Å². The summed E-state index contributed by atoms with van der Waals surface area (Å²) in [5.41, 5.74) is 4.41. The second-order valence-corrected chi connectivity index (χ2v) is 7.11. The molecule has 1 aromatic carbocycles. The molecule has 0 saturated heterocycles. The molecule has 0 bridgehead atoms. The number of amides is 1. The monoisotopic (exact) mass is 373 g/mol. The summed E-state index contributed by atoms with van der Waals surface area (Å²) in [6, 6.07) is 4.80. The number of nitrogens with zero attached hydrogens (tertiary/aromatic N) is 4. The number of nitrogens with one attached hydrogen (secondary N) is 1. The number of aryl methyl sites for hydroxylation is 3. The van der Waals surface area contributed by atoms with Gasteiger partial charge in [-0.25, -0.2) is 13.9 Å². The third-order valence-corrected chi connectivity index (χ3v) is 5.12. The molecule has 0 fully saturated rings. The van der Waals surface area contributed by atoms with E-state index in [0.29, 0.717) is 23.0 Å². The molecule has 0 spiro atoms. The Morgan fingerprint density at radius 3 is 2.73 bits per heavy atom. The largest absolute Gasteiger partial charge is 0.351 e. The lowest BCUT2D eigenvalue weighted by Gasteiger charge is -2.06. The summed E-state index contributed by atoms with van der Waals surface area (Å²) in [4.78, 5) is 20.8. The van der Waals surface area contributed by atoms with Gasteiger partial charge in [-0.3, -0.25) is 4.79 Å². The quantitative estimate of drug-likeness (QED) is 0.696. The van der Waals surface area contributed by atoms with Crippen molar-refractivity contribution in [2.75, 3.05) is 5.75 Å². The molecule has 2 heterocycles. The SMILES string of the molecule is Cc1cc(CNC(=O)CSc2nc3nc(C)c(C)c(C)n3n2)ccc1F. The molecular weight excluding hydrogens is 353 g/mol. The molecule has 3 aromatic rings. The third-order valence-electron chi connectivity index (χ3n) is 4.29. The zero-order valence-corrected chi connectivity index (χ0v) is 15.9. The van der Waals surface area contributed by atoms with Crippen molar-refractivity contribution in [3.8, 4) is 0 Å². The minimum absolute atomic E-state index is 0.132. The van der Waals surface area contributed by atoms with Crippen LogP contribution in [0, 0.1) is 33.5 Å². The van der Waals surface area contributed by atoms with Crippen molar-refractivity contribution in [1.82, 2.24) is 24.9 Å². The molecule has 6 nitrogen and oxygen atoms in total. The van der Waals surface area contributed by atoms with Crippen LogP contribution < -0.4 is 5.32 Å². The molecule has 136 valence electrons. The zero-order valence-electron chi connectivity index (χ0n) is 15.1. The molecule has 0 unspecified atom stereocenters. The van der Waals surface area contributed by atoms with Gasteiger partial charge in [0, 0.05) is 17.9 Å². The molecule has 0 aliphatic carbocycles.